The third-order valence-electron chi connectivity index (χ3n) is 5.61. The Labute approximate surface area is 181 Å². The van der Waals surface area contributed by atoms with Gasteiger partial charge in [-0.3, -0.25) is 24.3 Å². The second-order valence-electron chi connectivity index (χ2n) is 8.78. The van der Waals surface area contributed by atoms with E-state index in [2.05, 4.69) is 4.98 Å². The molecule has 2 aromatic carbocycles. The lowest BCUT2D eigenvalue weighted by molar-refractivity contribution is -0.141. The molecule has 31 heavy (non-hydrogen) atoms. The largest absolute Gasteiger partial charge is 0.298 e. The van der Waals surface area contributed by atoms with Crippen LogP contribution in [0.1, 0.15) is 32.4 Å². The Balaban J connectivity index is 1.79. The molecule has 0 radical (unpaired) electrons. The van der Waals surface area contributed by atoms with E-state index in [9.17, 15) is 14.4 Å². The van der Waals surface area contributed by atoms with Crippen molar-refractivity contribution >= 4 is 23.2 Å². The zero-order chi connectivity index (χ0) is 22.2. The predicted molar refractivity (Wildman–Crippen MR) is 119 cm³/mol. The molecule has 0 spiro atoms. The van der Waals surface area contributed by atoms with Crippen LogP contribution >= 0.6 is 0 Å². The van der Waals surface area contributed by atoms with Gasteiger partial charge in [-0.1, -0.05) is 69.3 Å². The number of benzene rings is 2. The number of ketones is 2. The molecule has 4 rings (SSSR count). The summed E-state index contributed by atoms with van der Waals surface area (Å²) in [6.07, 6.45) is 3.48. The van der Waals surface area contributed by atoms with Crippen molar-refractivity contribution in [2.24, 2.45) is 11.3 Å². The smallest absolute Gasteiger partial charge is 0.295 e. The van der Waals surface area contributed by atoms with Crippen LogP contribution in [-0.4, -0.2) is 22.5 Å². The van der Waals surface area contributed by atoms with Gasteiger partial charge in [0.2, 0.25) is 5.78 Å². The van der Waals surface area contributed by atoms with Gasteiger partial charge in [-0.2, -0.15) is 0 Å². The molecule has 0 bridgehead atoms. The van der Waals surface area contributed by atoms with Crippen molar-refractivity contribution in [3.8, 4) is 11.1 Å². The highest BCUT2D eigenvalue weighted by Crippen LogP contribution is 2.43. The van der Waals surface area contributed by atoms with E-state index >= 15 is 0 Å². The van der Waals surface area contributed by atoms with Crippen molar-refractivity contribution in [2.75, 3.05) is 4.90 Å². The zero-order valence-electron chi connectivity index (χ0n) is 17.8. The second kappa shape index (κ2) is 7.91. The molecule has 1 saturated heterocycles. The van der Waals surface area contributed by atoms with E-state index in [1.165, 1.54) is 4.90 Å². The van der Waals surface area contributed by atoms with Gasteiger partial charge in [0.25, 0.3) is 5.91 Å². The van der Waals surface area contributed by atoms with Gasteiger partial charge in [-0.25, -0.2) is 0 Å². The van der Waals surface area contributed by atoms with Crippen LogP contribution in [0.3, 0.4) is 0 Å². The number of pyridine rings is 1. The third kappa shape index (κ3) is 3.79. The van der Waals surface area contributed by atoms with E-state index in [0.29, 0.717) is 5.69 Å². The number of rotatable bonds is 4. The highest BCUT2D eigenvalue weighted by atomic mass is 16.2. The summed E-state index contributed by atoms with van der Waals surface area (Å²) in [7, 11) is 0. The Morgan fingerprint density at radius 3 is 2.13 bits per heavy atom. The number of carbonyl (C=O) groups is 3. The first kappa shape index (κ1) is 20.7. The second-order valence-corrected chi connectivity index (χ2v) is 8.78. The number of amides is 1. The minimum absolute atomic E-state index is 0.228. The molecule has 1 fully saturated rings. The van der Waals surface area contributed by atoms with Crippen molar-refractivity contribution in [3.63, 3.8) is 0 Å². The molecule has 156 valence electrons. The summed E-state index contributed by atoms with van der Waals surface area (Å²) in [4.78, 5) is 45.0. The molecule has 2 atom stereocenters. The summed E-state index contributed by atoms with van der Waals surface area (Å²) >= 11 is 0. The van der Waals surface area contributed by atoms with Crippen LogP contribution in [0.2, 0.25) is 0 Å². The Morgan fingerprint density at radius 2 is 1.55 bits per heavy atom. The van der Waals surface area contributed by atoms with Gasteiger partial charge in [0.05, 0.1) is 6.04 Å². The summed E-state index contributed by atoms with van der Waals surface area (Å²) in [5.74, 6) is -2.56. The maximum Gasteiger partial charge on any atom is 0.295 e. The van der Waals surface area contributed by atoms with Crippen LogP contribution in [0.5, 0.6) is 0 Å². The lowest BCUT2D eigenvalue weighted by atomic mass is 9.77. The van der Waals surface area contributed by atoms with Crippen LogP contribution in [-0.2, 0) is 14.4 Å². The molecular formula is C26H24N2O3. The van der Waals surface area contributed by atoms with E-state index in [4.69, 9.17) is 0 Å². The zero-order valence-corrected chi connectivity index (χ0v) is 17.8. The normalized spacial score (nSPS) is 19.0. The van der Waals surface area contributed by atoms with Crippen molar-refractivity contribution in [3.05, 3.63) is 84.7 Å². The molecule has 0 aliphatic carbocycles. The van der Waals surface area contributed by atoms with Crippen LogP contribution < -0.4 is 4.90 Å². The molecule has 2 heterocycles. The molecule has 5 nitrogen and oxygen atoms in total. The first-order chi connectivity index (χ1) is 14.8. The molecule has 2 unspecified atom stereocenters. The summed E-state index contributed by atoms with van der Waals surface area (Å²) in [5.41, 5.74) is 2.52. The van der Waals surface area contributed by atoms with E-state index in [1.54, 1.807) is 33.2 Å². The molecular weight excluding hydrogens is 388 g/mol. The number of carbonyl (C=O) groups excluding carboxylic acids is 3. The topological polar surface area (TPSA) is 67.3 Å². The maximum absolute atomic E-state index is 13.2. The summed E-state index contributed by atoms with van der Waals surface area (Å²) < 4.78 is 0. The van der Waals surface area contributed by atoms with Gasteiger partial charge in [0.15, 0.2) is 5.78 Å². The Morgan fingerprint density at radius 1 is 0.871 bits per heavy atom. The van der Waals surface area contributed by atoms with E-state index < -0.39 is 29.1 Å². The molecule has 0 saturated carbocycles. The first-order valence-corrected chi connectivity index (χ1v) is 10.3. The monoisotopic (exact) mass is 412 g/mol. The number of nitrogens with zero attached hydrogens (tertiary/aromatic N) is 2. The molecule has 1 aliphatic rings. The van der Waals surface area contributed by atoms with E-state index in [1.807, 2.05) is 66.7 Å². The van der Waals surface area contributed by atoms with Gasteiger partial charge in [-0.15, -0.1) is 0 Å². The van der Waals surface area contributed by atoms with Crippen LogP contribution in [0.15, 0.2) is 79.1 Å². The van der Waals surface area contributed by atoms with Crippen LogP contribution in [0.25, 0.3) is 11.1 Å². The third-order valence-corrected chi connectivity index (χ3v) is 5.61. The van der Waals surface area contributed by atoms with Crippen molar-refractivity contribution in [1.29, 1.82) is 0 Å². The number of hydrogen-bond acceptors (Lipinski definition) is 4. The van der Waals surface area contributed by atoms with Crippen LogP contribution in [0, 0.1) is 11.3 Å². The standard InChI is InChI=1S/C26H24N2O3/c1-26(2,3)24(30)21-22(18-8-5-4-6-9-18)28(25(31)23(21)29)20-13-11-17(12-14-20)19-10-7-15-27-16-19/h4-16,21-22H,1-3H3. The quantitative estimate of drug-likeness (QED) is 0.463. The van der Waals surface area contributed by atoms with Gasteiger partial charge in [0, 0.05) is 23.5 Å². The predicted octanol–water partition coefficient (Wildman–Crippen LogP) is 4.64. The number of Topliss-reactive ketones (excluding diaryl/α,β-unsaturated/α-hetero) is 2. The summed E-state index contributed by atoms with van der Waals surface area (Å²) in [6.45, 7) is 5.33. The maximum atomic E-state index is 13.2. The fraction of sp³-hybridized carbons (Fsp3) is 0.231. The molecule has 0 N–H and O–H groups in total. The first-order valence-electron chi connectivity index (χ1n) is 10.3. The van der Waals surface area contributed by atoms with Gasteiger partial charge in [0.1, 0.15) is 5.92 Å². The van der Waals surface area contributed by atoms with Crippen molar-refractivity contribution in [2.45, 2.75) is 26.8 Å². The molecule has 5 heteroatoms. The highest BCUT2D eigenvalue weighted by Gasteiger charge is 2.53. The van der Waals surface area contributed by atoms with E-state index in [-0.39, 0.29) is 5.78 Å². The SMILES string of the molecule is CC(C)(C)C(=O)C1C(=O)C(=O)N(c2ccc(-c3cccnc3)cc2)C1c1ccccc1. The fourth-order valence-corrected chi connectivity index (χ4v) is 4.02. The van der Waals surface area contributed by atoms with Gasteiger partial charge < -0.3 is 0 Å². The number of aromatic nitrogens is 1. The Bertz CT molecular complexity index is 1120. The lowest BCUT2D eigenvalue weighted by Gasteiger charge is -2.30. The van der Waals surface area contributed by atoms with E-state index in [0.717, 1.165) is 16.7 Å². The number of anilines is 1. The minimum atomic E-state index is -1.03. The highest BCUT2D eigenvalue weighted by molar-refractivity contribution is 6.48. The van der Waals surface area contributed by atoms with Crippen molar-refractivity contribution in [1.82, 2.24) is 4.98 Å². The van der Waals surface area contributed by atoms with Crippen molar-refractivity contribution < 1.29 is 14.4 Å². The average Bonchev–Trinajstić information content (AvgIpc) is 3.04. The fourth-order valence-electron chi connectivity index (χ4n) is 4.02. The number of hydrogen-bond donors (Lipinski definition) is 0. The average molecular weight is 412 g/mol. The summed E-state index contributed by atoms with van der Waals surface area (Å²) in [6, 6.07) is 19.9. The molecule has 1 aromatic heterocycles. The van der Waals surface area contributed by atoms with Gasteiger partial charge in [-0.05, 0) is 34.9 Å². The summed E-state index contributed by atoms with van der Waals surface area (Å²) in [5, 5.41) is 0. The lowest BCUT2D eigenvalue weighted by Crippen LogP contribution is -2.35. The molecule has 3 aromatic rings. The minimum Gasteiger partial charge on any atom is -0.298 e. The molecule has 1 aliphatic heterocycles. The van der Waals surface area contributed by atoms with Gasteiger partial charge >= 0.3 is 0 Å². The Hall–Kier alpha value is -3.60. The van der Waals surface area contributed by atoms with Crippen LogP contribution in [0.4, 0.5) is 5.69 Å². The Kier molecular flexibility index (Phi) is 5.27. The molecule has 1 amide bonds.